The number of aryl methyl sites for hydroxylation is 1. The van der Waals surface area contributed by atoms with Gasteiger partial charge >= 0.3 is 0 Å². The molecule has 0 aliphatic heterocycles. The molecule has 1 heterocycles. The van der Waals surface area contributed by atoms with Crippen LogP contribution in [0, 0.1) is 6.92 Å². The van der Waals surface area contributed by atoms with E-state index in [1.165, 1.54) is 0 Å². The molecule has 1 N–H and O–H groups in total. The summed E-state index contributed by atoms with van der Waals surface area (Å²) >= 11 is 0. The van der Waals surface area contributed by atoms with Gasteiger partial charge in [0.15, 0.2) is 11.6 Å². The molecule has 0 saturated heterocycles. The second-order valence-electron chi connectivity index (χ2n) is 4.11. The topological polar surface area (TPSA) is 51.2 Å². The molecule has 0 radical (unpaired) electrons. The van der Waals surface area contributed by atoms with Gasteiger partial charge < -0.3 is 10.1 Å². The highest BCUT2D eigenvalue weighted by Gasteiger charge is 2.10. The molecule has 0 atom stereocenters. The Labute approximate surface area is 112 Å². The van der Waals surface area contributed by atoms with Crippen molar-refractivity contribution in [1.82, 2.24) is 4.98 Å². The van der Waals surface area contributed by atoms with Crippen LogP contribution in [0.1, 0.15) is 22.8 Å². The molecule has 1 aromatic heterocycles. The summed E-state index contributed by atoms with van der Waals surface area (Å²) < 4.78 is 5.42. The number of nitrogens with zero attached hydrogens (tertiary/aromatic N) is 1. The molecule has 0 aliphatic rings. The lowest BCUT2D eigenvalue weighted by Gasteiger charge is -2.10. The Morgan fingerprint density at radius 2 is 2.16 bits per heavy atom. The van der Waals surface area contributed by atoms with Gasteiger partial charge in [-0.3, -0.25) is 4.79 Å². The Morgan fingerprint density at radius 3 is 2.89 bits per heavy atom. The first-order chi connectivity index (χ1) is 9.20. The van der Waals surface area contributed by atoms with Crippen LogP contribution < -0.4 is 10.1 Å². The molecule has 4 heteroatoms. The summed E-state index contributed by atoms with van der Waals surface area (Å²) in [6.45, 7) is 4.36. The van der Waals surface area contributed by atoms with Gasteiger partial charge in [-0.05, 0) is 38.1 Å². The third-order valence-electron chi connectivity index (χ3n) is 2.58. The van der Waals surface area contributed by atoms with Crippen molar-refractivity contribution in [3.63, 3.8) is 0 Å². The van der Waals surface area contributed by atoms with Crippen LogP contribution in [0.5, 0.6) is 5.75 Å². The van der Waals surface area contributed by atoms with E-state index in [1.54, 1.807) is 24.4 Å². The van der Waals surface area contributed by atoms with Gasteiger partial charge in [-0.25, -0.2) is 4.98 Å². The first-order valence-corrected chi connectivity index (χ1v) is 6.16. The zero-order chi connectivity index (χ0) is 13.7. The van der Waals surface area contributed by atoms with Crippen molar-refractivity contribution < 1.29 is 9.53 Å². The number of pyridine rings is 1. The summed E-state index contributed by atoms with van der Waals surface area (Å²) in [5, 5.41) is 2.76. The standard InChI is InChI=1S/C15H16N2O2/c1-3-19-13-8-5-9-16-14(13)17-15(18)12-7-4-6-11(2)10-12/h4-10H,3H2,1-2H3,(H,16,17,18). The summed E-state index contributed by atoms with van der Waals surface area (Å²) in [6.07, 6.45) is 1.62. The van der Waals surface area contributed by atoms with Crippen molar-refractivity contribution >= 4 is 11.7 Å². The summed E-state index contributed by atoms with van der Waals surface area (Å²) in [5.41, 5.74) is 1.65. The molecule has 0 saturated carbocycles. The number of nitrogens with one attached hydrogen (secondary N) is 1. The van der Waals surface area contributed by atoms with E-state index in [-0.39, 0.29) is 5.91 Å². The van der Waals surface area contributed by atoms with Crippen molar-refractivity contribution in [3.8, 4) is 5.75 Å². The Morgan fingerprint density at radius 1 is 1.32 bits per heavy atom. The molecule has 2 rings (SSSR count). The Kier molecular flexibility index (Phi) is 4.13. The van der Waals surface area contributed by atoms with Crippen LogP contribution in [0.4, 0.5) is 5.82 Å². The van der Waals surface area contributed by atoms with Gasteiger partial charge in [0.1, 0.15) is 0 Å². The molecule has 19 heavy (non-hydrogen) atoms. The molecule has 0 spiro atoms. The molecule has 98 valence electrons. The normalized spacial score (nSPS) is 10.0. The van der Waals surface area contributed by atoms with E-state index in [0.29, 0.717) is 23.7 Å². The Balaban J connectivity index is 2.19. The molecule has 4 nitrogen and oxygen atoms in total. The Bertz CT molecular complexity index is 582. The van der Waals surface area contributed by atoms with E-state index in [4.69, 9.17) is 4.74 Å². The SMILES string of the molecule is CCOc1cccnc1NC(=O)c1cccc(C)c1. The van der Waals surface area contributed by atoms with Gasteiger partial charge in [0.25, 0.3) is 5.91 Å². The van der Waals surface area contributed by atoms with Crippen molar-refractivity contribution in [2.75, 3.05) is 11.9 Å². The van der Waals surface area contributed by atoms with Crippen LogP contribution in [0.15, 0.2) is 42.6 Å². The number of carbonyl (C=O) groups is 1. The highest BCUT2D eigenvalue weighted by Crippen LogP contribution is 2.21. The molecule has 0 unspecified atom stereocenters. The maximum Gasteiger partial charge on any atom is 0.256 e. The van der Waals surface area contributed by atoms with Crippen molar-refractivity contribution in [1.29, 1.82) is 0 Å². The fourth-order valence-corrected chi connectivity index (χ4v) is 1.72. The maximum atomic E-state index is 12.1. The molecule has 1 aromatic carbocycles. The average molecular weight is 256 g/mol. The van der Waals surface area contributed by atoms with Crippen molar-refractivity contribution in [2.45, 2.75) is 13.8 Å². The minimum Gasteiger partial charge on any atom is -0.490 e. The predicted octanol–water partition coefficient (Wildman–Crippen LogP) is 3.04. The molecule has 0 fully saturated rings. The minimum absolute atomic E-state index is 0.191. The van der Waals surface area contributed by atoms with Crippen molar-refractivity contribution in [2.24, 2.45) is 0 Å². The van der Waals surface area contributed by atoms with Crippen LogP contribution in [-0.2, 0) is 0 Å². The summed E-state index contributed by atoms with van der Waals surface area (Å²) in [4.78, 5) is 16.2. The third kappa shape index (κ3) is 3.31. The van der Waals surface area contributed by atoms with Gasteiger partial charge in [0.2, 0.25) is 0 Å². The fourth-order valence-electron chi connectivity index (χ4n) is 1.72. The minimum atomic E-state index is -0.191. The van der Waals surface area contributed by atoms with E-state index < -0.39 is 0 Å². The van der Waals surface area contributed by atoms with Gasteiger partial charge in [0.05, 0.1) is 6.61 Å². The number of hydrogen-bond acceptors (Lipinski definition) is 3. The van der Waals surface area contributed by atoms with Crippen LogP contribution in [0.2, 0.25) is 0 Å². The molecule has 0 bridgehead atoms. The van der Waals surface area contributed by atoms with Gasteiger partial charge in [-0.15, -0.1) is 0 Å². The monoisotopic (exact) mass is 256 g/mol. The third-order valence-corrected chi connectivity index (χ3v) is 2.58. The average Bonchev–Trinajstić information content (AvgIpc) is 2.41. The van der Waals surface area contributed by atoms with Gasteiger partial charge in [-0.1, -0.05) is 17.7 Å². The lowest BCUT2D eigenvalue weighted by Crippen LogP contribution is -2.14. The number of benzene rings is 1. The number of anilines is 1. The number of ether oxygens (including phenoxy) is 1. The molecular weight excluding hydrogens is 240 g/mol. The highest BCUT2D eigenvalue weighted by molar-refractivity contribution is 6.04. The van der Waals surface area contributed by atoms with E-state index in [0.717, 1.165) is 5.56 Å². The second kappa shape index (κ2) is 6.00. The first-order valence-electron chi connectivity index (χ1n) is 6.16. The van der Waals surface area contributed by atoms with Gasteiger partial charge in [-0.2, -0.15) is 0 Å². The highest BCUT2D eigenvalue weighted by atomic mass is 16.5. The number of amides is 1. The fraction of sp³-hybridized carbons (Fsp3) is 0.200. The smallest absolute Gasteiger partial charge is 0.256 e. The lowest BCUT2D eigenvalue weighted by atomic mass is 10.1. The van der Waals surface area contributed by atoms with E-state index in [9.17, 15) is 4.79 Å². The predicted molar refractivity (Wildman–Crippen MR) is 74.5 cm³/mol. The zero-order valence-electron chi connectivity index (χ0n) is 11.0. The van der Waals surface area contributed by atoms with Crippen molar-refractivity contribution in [3.05, 3.63) is 53.7 Å². The number of rotatable bonds is 4. The van der Waals surface area contributed by atoms with Gasteiger partial charge in [0, 0.05) is 11.8 Å². The van der Waals surface area contributed by atoms with E-state index in [2.05, 4.69) is 10.3 Å². The molecule has 2 aromatic rings. The van der Waals surface area contributed by atoms with Crippen LogP contribution in [0.25, 0.3) is 0 Å². The molecule has 1 amide bonds. The molecular formula is C15H16N2O2. The second-order valence-corrected chi connectivity index (χ2v) is 4.11. The quantitative estimate of drug-likeness (QED) is 0.914. The van der Waals surface area contributed by atoms with Crippen LogP contribution >= 0.6 is 0 Å². The summed E-state index contributed by atoms with van der Waals surface area (Å²) in [6, 6.07) is 11.0. The van der Waals surface area contributed by atoms with E-state index >= 15 is 0 Å². The lowest BCUT2D eigenvalue weighted by molar-refractivity contribution is 0.102. The maximum absolute atomic E-state index is 12.1. The number of hydrogen-bond donors (Lipinski definition) is 1. The number of aromatic nitrogens is 1. The van der Waals surface area contributed by atoms with Crippen LogP contribution in [0.3, 0.4) is 0 Å². The molecule has 0 aliphatic carbocycles. The van der Waals surface area contributed by atoms with Crippen LogP contribution in [-0.4, -0.2) is 17.5 Å². The number of carbonyl (C=O) groups excluding carboxylic acids is 1. The van der Waals surface area contributed by atoms with E-state index in [1.807, 2.05) is 32.0 Å². The summed E-state index contributed by atoms with van der Waals surface area (Å²) in [7, 11) is 0. The summed E-state index contributed by atoms with van der Waals surface area (Å²) in [5.74, 6) is 0.824. The zero-order valence-corrected chi connectivity index (χ0v) is 11.0. The Hall–Kier alpha value is -2.36. The largest absolute Gasteiger partial charge is 0.490 e. The first kappa shape index (κ1) is 13.1.